The summed E-state index contributed by atoms with van der Waals surface area (Å²) in [6.45, 7) is 3.08. The maximum Gasteiger partial charge on any atom is 0.107 e. The molecule has 0 N–H and O–H groups in total. The molecule has 3 aromatic rings. The fourth-order valence-electron chi connectivity index (χ4n) is 2.71. The molecule has 0 spiro atoms. The van der Waals surface area contributed by atoms with E-state index < -0.39 is 0 Å². The zero-order valence-electron chi connectivity index (χ0n) is 13.5. The van der Waals surface area contributed by atoms with E-state index in [-0.39, 0.29) is 0 Å². The lowest BCUT2D eigenvalue weighted by atomic mass is 10.2. The van der Waals surface area contributed by atoms with Crippen LogP contribution in [0.3, 0.4) is 0 Å². The van der Waals surface area contributed by atoms with Gasteiger partial charge in [0.05, 0.1) is 23.1 Å². The van der Waals surface area contributed by atoms with Crippen molar-refractivity contribution in [2.24, 2.45) is 0 Å². The Morgan fingerprint density at radius 1 is 1.12 bits per heavy atom. The van der Waals surface area contributed by atoms with Gasteiger partial charge in [-0.25, -0.2) is 4.98 Å². The van der Waals surface area contributed by atoms with E-state index in [2.05, 4.69) is 21.5 Å². The maximum atomic E-state index is 6.19. The fraction of sp³-hybridized carbons (Fsp3) is 0.333. The minimum Gasteiger partial charge on any atom is -0.330 e. The summed E-state index contributed by atoms with van der Waals surface area (Å²) in [6.07, 6.45) is 9.13. The molecule has 0 radical (unpaired) electrons. The maximum absolute atomic E-state index is 6.19. The number of rotatable bonds is 7. The lowest BCUT2D eigenvalue weighted by molar-refractivity contribution is 0.615. The first-order valence-electron chi connectivity index (χ1n) is 7.98. The molecule has 0 aliphatic carbocycles. The summed E-state index contributed by atoms with van der Waals surface area (Å²) in [6, 6.07) is 5.67. The number of thioether (sulfide) groups is 1. The van der Waals surface area contributed by atoms with Crippen molar-refractivity contribution in [3.63, 3.8) is 0 Å². The Balaban J connectivity index is 1.44. The number of aromatic nitrogens is 3. The predicted octanol–water partition coefficient (Wildman–Crippen LogP) is 6.01. The van der Waals surface area contributed by atoms with Gasteiger partial charge in [0.1, 0.15) is 5.52 Å². The lowest BCUT2D eigenvalue weighted by Crippen LogP contribution is -1.98. The Kier molecular flexibility index (Phi) is 6.04. The zero-order chi connectivity index (χ0) is 16.9. The van der Waals surface area contributed by atoms with E-state index in [1.807, 2.05) is 30.9 Å². The van der Waals surface area contributed by atoms with Crippen LogP contribution in [-0.2, 0) is 6.54 Å². The van der Waals surface area contributed by atoms with Crippen LogP contribution in [0.15, 0.2) is 41.8 Å². The molecular formula is C18H19Cl2N3S. The van der Waals surface area contributed by atoms with Crippen molar-refractivity contribution in [2.45, 2.75) is 37.6 Å². The van der Waals surface area contributed by atoms with E-state index in [9.17, 15) is 0 Å². The third-order valence-electron chi connectivity index (χ3n) is 3.90. The molecule has 0 saturated heterocycles. The summed E-state index contributed by atoms with van der Waals surface area (Å²) in [7, 11) is 0. The van der Waals surface area contributed by atoms with Crippen molar-refractivity contribution < 1.29 is 0 Å². The van der Waals surface area contributed by atoms with Gasteiger partial charge in [-0.05, 0) is 49.3 Å². The van der Waals surface area contributed by atoms with Gasteiger partial charge in [-0.3, -0.25) is 4.98 Å². The molecule has 6 heteroatoms. The summed E-state index contributed by atoms with van der Waals surface area (Å²) < 4.78 is 2.23. The molecule has 2 heterocycles. The van der Waals surface area contributed by atoms with Gasteiger partial charge in [-0.1, -0.05) is 29.6 Å². The number of halogens is 2. The normalized spacial score (nSPS) is 11.3. The predicted molar refractivity (Wildman–Crippen MR) is 103 cm³/mol. The molecule has 0 saturated carbocycles. The number of hydrogen-bond donors (Lipinski definition) is 0. The summed E-state index contributed by atoms with van der Waals surface area (Å²) in [5.74, 6) is 1.06. The van der Waals surface area contributed by atoms with E-state index >= 15 is 0 Å². The van der Waals surface area contributed by atoms with Gasteiger partial charge >= 0.3 is 0 Å². The highest BCUT2D eigenvalue weighted by atomic mass is 35.5. The van der Waals surface area contributed by atoms with Crippen molar-refractivity contribution in [3.05, 3.63) is 52.5 Å². The molecule has 0 fully saturated rings. The van der Waals surface area contributed by atoms with Gasteiger partial charge in [0, 0.05) is 22.7 Å². The average Bonchev–Trinajstić information content (AvgIpc) is 2.97. The van der Waals surface area contributed by atoms with Crippen LogP contribution in [0.5, 0.6) is 0 Å². The van der Waals surface area contributed by atoms with Crippen LogP contribution >= 0.6 is 35.0 Å². The van der Waals surface area contributed by atoms with Crippen molar-refractivity contribution in [3.8, 4) is 0 Å². The van der Waals surface area contributed by atoms with Gasteiger partial charge in [0.25, 0.3) is 0 Å². The third kappa shape index (κ3) is 4.24. The monoisotopic (exact) mass is 379 g/mol. The van der Waals surface area contributed by atoms with E-state index in [1.54, 1.807) is 17.8 Å². The van der Waals surface area contributed by atoms with Crippen LogP contribution < -0.4 is 0 Å². The van der Waals surface area contributed by atoms with E-state index in [1.165, 1.54) is 17.5 Å². The first-order valence-corrected chi connectivity index (χ1v) is 9.72. The van der Waals surface area contributed by atoms with Crippen LogP contribution in [-0.4, -0.2) is 20.3 Å². The zero-order valence-corrected chi connectivity index (χ0v) is 15.8. The molecule has 24 heavy (non-hydrogen) atoms. The first-order chi connectivity index (χ1) is 11.6. The molecular weight excluding hydrogens is 361 g/mol. The second-order valence-electron chi connectivity index (χ2n) is 5.75. The molecule has 3 nitrogen and oxygen atoms in total. The Bertz CT molecular complexity index is 832. The number of pyridine rings is 1. The molecule has 0 atom stereocenters. The molecule has 3 rings (SSSR count). The Hall–Kier alpha value is -1.23. The topological polar surface area (TPSA) is 30.7 Å². The van der Waals surface area contributed by atoms with E-state index in [0.29, 0.717) is 5.02 Å². The fourth-order valence-corrected chi connectivity index (χ4v) is 4.21. The summed E-state index contributed by atoms with van der Waals surface area (Å²) >= 11 is 13.9. The van der Waals surface area contributed by atoms with Crippen molar-refractivity contribution in [2.75, 3.05) is 5.75 Å². The van der Waals surface area contributed by atoms with Crippen LogP contribution in [0.1, 0.15) is 24.8 Å². The molecule has 0 unspecified atom stereocenters. The molecule has 126 valence electrons. The molecule has 2 aromatic heterocycles. The second-order valence-corrected chi connectivity index (χ2v) is 7.73. The lowest BCUT2D eigenvalue weighted by Gasteiger charge is -2.07. The molecule has 0 amide bonds. The van der Waals surface area contributed by atoms with Gasteiger partial charge in [-0.2, -0.15) is 0 Å². The minimum absolute atomic E-state index is 0.683. The van der Waals surface area contributed by atoms with Gasteiger partial charge in [0.15, 0.2) is 0 Å². The number of nitrogens with zero attached hydrogens (tertiary/aromatic N) is 3. The second kappa shape index (κ2) is 8.24. The van der Waals surface area contributed by atoms with E-state index in [0.717, 1.165) is 40.6 Å². The molecule has 0 bridgehead atoms. The average molecular weight is 380 g/mol. The SMILES string of the molecule is Cc1cncc2ncn(CCCCCSc3ccc(Cl)cc3Cl)c12. The van der Waals surface area contributed by atoms with Crippen molar-refractivity contribution >= 4 is 46.0 Å². The number of benzene rings is 1. The molecule has 1 aromatic carbocycles. The van der Waals surface area contributed by atoms with Gasteiger partial charge < -0.3 is 4.57 Å². The van der Waals surface area contributed by atoms with Gasteiger partial charge in [-0.15, -0.1) is 11.8 Å². The quantitative estimate of drug-likeness (QED) is 0.372. The first kappa shape index (κ1) is 17.6. The Labute approximate surface area is 156 Å². The number of fused-ring (bicyclic) bond motifs is 1. The summed E-state index contributed by atoms with van der Waals surface area (Å²) in [4.78, 5) is 9.71. The standard InChI is InChI=1S/C18H19Cl2N3S/c1-13-10-21-11-16-18(13)23(12-22-16)7-3-2-4-8-24-17-6-5-14(19)9-15(17)20/h5-6,9-12H,2-4,7-8H2,1H3. The largest absolute Gasteiger partial charge is 0.330 e. The highest BCUT2D eigenvalue weighted by Gasteiger charge is 2.05. The van der Waals surface area contributed by atoms with Crippen molar-refractivity contribution in [1.82, 2.24) is 14.5 Å². The van der Waals surface area contributed by atoms with Crippen LogP contribution in [0.4, 0.5) is 0 Å². The molecule has 0 aliphatic heterocycles. The van der Waals surface area contributed by atoms with Crippen LogP contribution in [0.2, 0.25) is 10.0 Å². The smallest absolute Gasteiger partial charge is 0.107 e. The summed E-state index contributed by atoms with van der Waals surface area (Å²) in [5.41, 5.74) is 3.35. The third-order valence-corrected chi connectivity index (χ3v) is 5.72. The van der Waals surface area contributed by atoms with E-state index in [4.69, 9.17) is 23.2 Å². The van der Waals surface area contributed by atoms with Crippen LogP contribution in [0, 0.1) is 6.92 Å². The summed E-state index contributed by atoms with van der Waals surface area (Å²) in [5, 5.41) is 1.42. The van der Waals surface area contributed by atoms with Crippen LogP contribution in [0.25, 0.3) is 11.0 Å². The Morgan fingerprint density at radius 2 is 2.00 bits per heavy atom. The number of aryl methyl sites for hydroxylation is 2. The minimum atomic E-state index is 0.683. The van der Waals surface area contributed by atoms with Crippen molar-refractivity contribution in [1.29, 1.82) is 0 Å². The van der Waals surface area contributed by atoms with Gasteiger partial charge in [0.2, 0.25) is 0 Å². The highest BCUT2D eigenvalue weighted by molar-refractivity contribution is 7.99. The number of hydrogen-bond acceptors (Lipinski definition) is 3. The highest BCUT2D eigenvalue weighted by Crippen LogP contribution is 2.30. The number of imidazole rings is 1. The number of unbranched alkanes of at least 4 members (excludes halogenated alkanes) is 2. The molecule has 0 aliphatic rings. The Morgan fingerprint density at radius 3 is 2.83 bits per heavy atom.